The number of anilines is 1. The van der Waals surface area contributed by atoms with E-state index in [1.165, 1.54) is 0 Å². The van der Waals surface area contributed by atoms with Crippen molar-refractivity contribution in [2.24, 2.45) is 4.99 Å². The summed E-state index contributed by atoms with van der Waals surface area (Å²) in [6.45, 7) is 10.3. The lowest BCUT2D eigenvalue weighted by molar-refractivity contribution is 0.270. The zero-order valence-electron chi connectivity index (χ0n) is 19.4. The van der Waals surface area contributed by atoms with E-state index < -0.39 is 0 Å². The van der Waals surface area contributed by atoms with Gasteiger partial charge in [0.05, 0.1) is 12.2 Å². The lowest BCUT2D eigenvalue weighted by Crippen LogP contribution is -2.47. The SMILES string of the molecule is CCc1nc2n(n1)CC(NC(=NC)NCc1ccc(N3CCN(CC)CC3)c(F)c1)CC2. The van der Waals surface area contributed by atoms with Crippen molar-refractivity contribution in [3.05, 3.63) is 41.2 Å². The van der Waals surface area contributed by atoms with Crippen LogP contribution in [0.5, 0.6) is 0 Å². The van der Waals surface area contributed by atoms with Gasteiger partial charge in [-0.3, -0.25) is 4.99 Å². The lowest BCUT2D eigenvalue weighted by Gasteiger charge is -2.35. The Hall–Kier alpha value is -2.68. The zero-order valence-corrected chi connectivity index (χ0v) is 19.4. The Morgan fingerprint density at radius 3 is 2.72 bits per heavy atom. The monoisotopic (exact) mass is 442 g/mol. The first-order valence-corrected chi connectivity index (χ1v) is 11.7. The highest BCUT2D eigenvalue weighted by Crippen LogP contribution is 2.22. The molecule has 2 N–H and O–H groups in total. The van der Waals surface area contributed by atoms with E-state index >= 15 is 0 Å². The van der Waals surface area contributed by atoms with Crippen molar-refractivity contribution < 1.29 is 4.39 Å². The Morgan fingerprint density at radius 2 is 2.03 bits per heavy atom. The van der Waals surface area contributed by atoms with Crippen LogP contribution in [0.4, 0.5) is 10.1 Å². The van der Waals surface area contributed by atoms with Gasteiger partial charge < -0.3 is 20.4 Å². The number of hydrogen-bond donors (Lipinski definition) is 2. The fraction of sp³-hybridized carbons (Fsp3) is 0.609. The van der Waals surface area contributed by atoms with E-state index in [-0.39, 0.29) is 11.9 Å². The number of aromatic nitrogens is 3. The molecule has 0 amide bonds. The molecule has 0 aliphatic carbocycles. The number of piperazine rings is 1. The molecule has 8 nitrogen and oxygen atoms in total. The molecule has 1 aromatic carbocycles. The number of fused-ring (bicyclic) bond motifs is 1. The first-order chi connectivity index (χ1) is 15.6. The molecule has 1 unspecified atom stereocenters. The molecule has 0 radical (unpaired) electrons. The summed E-state index contributed by atoms with van der Waals surface area (Å²) in [6, 6.07) is 5.78. The molecule has 1 fully saturated rings. The van der Waals surface area contributed by atoms with Crippen molar-refractivity contribution in [2.45, 2.75) is 52.2 Å². The number of aryl methyl sites for hydroxylation is 2. The standard InChI is InChI=1S/C23H35FN8/c1-4-21-28-22-9-7-18(16-32(22)29-21)27-23(25-3)26-15-17-6-8-20(19(24)14-17)31-12-10-30(5-2)11-13-31/h6,8,14,18H,4-5,7,9-13,15-16H2,1-3H3,(H2,25,26,27). The highest BCUT2D eigenvalue weighted by atomic mass is 19.1. The van der Waals surface area contributed by atoms with Crippen LogP contribution in [-0.4, -0.2) is 71.4 Å². The van der Waals surface area contributed by atoms with Gasteiger partial charge in [-0.05, 0) is 30.7 Å². The average molecular weight is 443 g/mol. The smallest absolute Gasteiger partial charge is 0.191 e. The summed E-state index contributed by atoms with van der Waals surface area (Å²) >= 11 is 0. The van der Waals surface area contributed by atoms with Crippen LogP contribution < -0.4 is 15.5 Å². The normalized spacial score (nSPS) is 19.7. The summed E-state index contributed by atoms with van der Waals surface area (Å²) in [6.07, 6.45) is 2.74. The Labute approximate surface area is 189 Å². The minimum absolute atomic E-state index is 0.157. The average Bonchev–Trinajstić information content (AvgIpc) is 3.24. The fourth-order valence-corrected chi connectivity index (χ4v) is 4.42. The van der Waals surface area contributed by atoms with Crippen LogP contribution in [0.2, 0.25) is 0 Å². The van der Waals surface area contributed by atoms with Gasteiger partial charge in [-0.25, -0.2) is 14.1 Å². The van der Waals surface area contributed by atoms with Gasteiger partial charge in [0.1, 0.15) is 11.6 Å². The molecule has 1 aromatic heterocycles. The Bertz CT molecular complexity index is 932. The van der Waals surface area contributed by atoms with E-state index in [4.69, 9.17) is 0 Å². The van der Waals surface area contributed by atoms with Crippen molar-refractivity contribution in [1.82, 2.24) is 30.3 Å². The third kappa shape index (κ3) is 5.20. The minimum Gasteiger partial charge on any atom is -0.367 e. The predicted octanol–water partition coefficient (Wildman–Crippen LogP) is 1.80. The van der Waals surface area contributed by atoms with Gasteiger partial charge in [-0.2, -0.15) is 5.10 Å². The summed E-state index contributed by atoms with van der Waals surface area (Å²) < 4.78 is 16.8. The predicted molar refractivity (Wildman–Crippen MR) is 126 cm³/mol. The summed E-state index contributed by atoms with van der Waals surface area (Å²) in [7, 11) is 1.76. The Balaban J connectivity index is 1.30. The van der Waals surface area contributed by atoms with Gasteiger partial charge in [-0.15, -0.1) is 0 Å². The number of halogens is 1. The largest absolute Gasteiger partial charge is 0.367 e. The van der Waals surface area contributed by atoms with E-state index in [1.54, 1.807) is 13.1 Å². The van der Waals surface area contributed by atoms with Gasteiger partial charge in [0, 0.05) is 58.7 Å². The van der Waals surface area contributed by atoms with E-state index in [1.807, 2.05) is 16.8 Å². The number of rotatable bonds is 6. The van der Waals surface area contributed by atoms with Crippen molar-refractivity contribution >= 4 is 11.6 Å². The van der Waals surface area contributed by atoms with Crippen molar-refractivity contribution in [3.8, 4) is 0 Å². The Morgan fingerprint density at radius 1 is 1.22 bits per heavy atom. The lowest BCUT2D eigenvalue weighted by atomic mass is 10.1. The maximum Gasteiger partial charge on any atom is 0.191 e. The fourth-order valence-electron chi connectivity index (χ4n) is 4.42. The molecular weight excluding hydrogens is 407 g/mol. The number of benzene rings is 1. The van der Waals surface area contributed by atoms with Gasteiger partial charge in [-0.1, -0.05) is 19.9 Å². The third-order valence-electron chi connectivity index (χ3n) is 6.41. The van der Waals surface area contributed by atoms with Crippen LogP contribution >= 0.6 is 0 Å². The van der Waals surface area contributed by atoms with Crippen molar-refractivity contribution in [3.63, 3.8) is 0 Å². The van der Waals surface area contributed by atoms with Crippen molar-refractivity contribution in [1.29, 1.82) is 0 Å². The topological polar surface area (TPSA) is 73.6 Å². The summed E-state index contributed by atoms with van der Waals surface area (Å²) in [5.41, 5.74) is 1.60. The number of guanidine groups is 1. The number of likely N-dealkylation sites (N-methyl/N-ethyl adjacent to an activating group) is 1. The Kier molecular flexibility index (Phi) is 7.24. The quantitative estimate of drug-likeness (QED) is 0.525. The first-order valence-electron chi connectivity index (χ1n) is 11.7. The first kappa shape index (κ1) is 22.5. The molecule has 3 heterocycles. The molecule has 9 heteroatoms. The van der Waals surface area contributed by atoms with Gasteiger partial charge >= 0.3 is 0 Å². The summed E-state index contributed by atoms with van der Waals surface area (Å²) in [5.74, 6) is 2.53. The van der Waals surface area contributed by atoms with Crippen LogP contribution in [0.1, 0.15) is 37.5 Å². The molecule has 2 aliphatic heterocycles. The van der Waals surface area contributed by atoms with E-state index in [0.717, 1.165) is 81.7 Å². The second-order valence-electron chi connectivity index (χ2n) is 8.49. The zero-order chi connectivity index (χ0) is 22.5. The number of nitrogens with zero attached hydrogens (tertiary/aromatic N) is 6. The van der Waals surface area contributed by atoms with E-state index in [2.05, 4.69) is 49.4 Å². The summed E-state index contributed by atoms with van der Waals surface area (Å²) in [4.78, 5) is 13.5. The van der Waals surface area contributed by atoms with Crippen LogP contribution in [-0.2, 0) is 25.9 Å². The highest BCUT2D eigenvalue weighted by molar-refractivity contribution is 5.80. The van der Waals surface area contributed by atoms with E-state index in [9.17, 15) is 4.39 Å². The molecule has 1 atom stereocenters. The molecule has 0 bridgehead atoms. The summed E-state index contributed by atoms with van der Waals surface area (Å²) in [5, 5.41) is 11.4. The molecule has 1 saturated heterocycles. The maximum atomic E-state index is 14.8. The molecule has 2 aromatic rings. The van der Waals surface area contributed by atoms with Crippen LogP contribution in [0.25, 0.3) is 0 Å². The van der Waals surface area contributed by atoms with Crippen LogP contribution in [0.3, 0.4) is 0 Å². The van der Waals surface area contributed by atoms with Crippen LogP contribution in [0.15, 0.2) is 23.2 Å². The number of nitrogens with one attached hydrogen (secondary N) is 2. The molecule has 0 spiro atoms. The number of hydrogen-bond acceptors (Lipinski definition) is 5. The van der Waals surface area contributed by atoms with Gasteiger partial charge in [0.15, 0.2) is 11.8 Å². The molecule has 174 valence electrons. The van der Waals surface area contributed by atoms with Gasteiger partial charge in [0.25, 0.3) is 0 Å². The maximum absolute atomic E-state index is 14.8. The molecule has 0 saturated carbocycles. The molecular formula is C23H35FN8. The van der Waals surface area contributed by atoms with Crippen LogP contribution in [0, 0.1) is 5.82 Å². The second-order valence-corrected chi connectivity index (χ2v) is 8.49. The molecule has 2 aliphatic rings. The minimum atomic E-state index is -0.157. The third-order valence-corrected chi connectivity index (χ3v) is 6.41. The molecule has 4 rings (SSSR count). The molecule has 32 heavy (non-hydrogen) atoms. The van der Waals surface area contributed by atoms with Crippen molar-refractivity contribution in [2.75, 3.05) is 44.7 Å². The highest BCUT2D eigenvalue weighted by Gasteiger charge is 2.22. The van der Waals surface area contributed by atoms with Gasteiger partial charge in [0.2, 0.25) is 0 Å². The second kappa shape index (κ2) is 10.3. The number of aliphatic imine (C=N–C) groups is 1. The van der Waals surface area contributed by atoms with E-state index in [0.29, 0.717) is 12.2 Å².